The Hall–Kier alpha value is -3.67. The maximum absolute atomic E-state index is 12.1. The van der Waals surface area contributed by atoms with E-state index in [4.69, 9.17) is 0 Å². The van der Waals surface area contributed by atoms with Crippen molar-refractivity contribution in [3.63, 3.8) is 0 Å². The highest BCUT2D eigenvalue weighted by atomic mass is 16.2. The first-order chi connectivity index (χ1) is 13.7. The molecule has 1 aliphatic rings. The molecule has 2 amide bonds. The first-order valence-electron chi connectivity index (χ1n) is 9.18. The molecule has 6 nitrogen and oxygen atoms in total. The van der Waals surface area contributed by atoms with Gasteiger partial charge in [0, 0.05) is 48.4 Å². The predicted molar refractivity (Wildman–Crippen MR) is 110 cm³/mol. The van der Waals surface area contributed by atoms with Crippen molar-refractivity contribution >= 4 is 29.3 Å². The van der Waals surface area contributed by atoms with E-state index in [1.165, 1.54) is 6.08 Å². The number of nitrogens with one attached hydrogen (secondary N) is 2. The summed E-state index contributed by atoms with van der Waals surface area (Å²) in [6, 6.07) is 15.1. The molecule has 0 unspecified atom stereocenters. The van der Waals surface area contributed by atoms with E-state index in [0.29, 0.717) is 12.1 Å². The predicted octanol–water partition coefficient (Wildman–Crippen LogP) is 3.86. The standard InChI is InChI=1S/C22H20N4O2/c27-20(25-18-8-6-17(7-9-18)22-23-13-14-24-22)12-5-16-3-10-19(11-4-16)26-15-1-2-21(26)28/h3-14H,1-2,15H2,(H,23,24)(H,25,27)/b12-5+. The largest absolute Gasteiger partial charge is 0.345 e. The fourth-order valence-electron chi connectivity index (χ4n) is 3.18. The lowest BCUT2D eigenvalue weighted by molar-refractivity contribution is -0.117. The monoisotopic (exact) mass is 372 g/mol. The molecule has 1 aromatic heterocycles. The van der Waals surface area contributed by atoms with Gasteiger partial charge in [0.15, 0.2) is 0 Å². The summed E-state index contributed by atoms with van der Waals surface area (Å²) in [6.07, 6.45) is 8.24. The molecule has 1 fully saturated rings. The van der Waals surface area contributed by atoms with Crippen molar-refractivity contribution in [2.75, 3.05) is 16.8 Å². The van der Waals surface area contributed by atoms with E-state index in [-0.39, 0.29) is 11.8 Å². The number of aromatic amines is 1. The number of aromatic nitrogens is 2. The van der Waals surface area contributed by atoms with Crippen molar-refractivity contribution in [1.82, 2.24) is 9.97 Å². The number of nitrogens with zero attached hydrogens (tertiary/aromatic N) is 2. The van der Waals surface area contributed by atoms with E-state index >= 15 is 0 Å². The Bertz CT molecular complexity index is 990. The highest BCUT2D eigenvalue weighted by Gasteiger charge is 2.21. The Labute approximate surface area is 162 Å². The van der Waals surface area contributed by atoms with Gasteiger partial charge in [-0.3, -0.25) is 9.59 Å². The summed E-state index contributed by atoms with van der Waals surface area (Å²) in [4.78, 5) is 33.0. The minimum Gasteiger partial charge on any atom is -0.345 e. The third-order valence-electron chi connectivity index (χ3n) is 4.63. The molecule has 2 aromatic carbocycles. The van der Waals surface area contributed by atoms with Gasteiger partial charge >= 0.3 is 0 Å². The van der Waals surface area contributed by atoms with Crippen LogP contribution in [-0.4, -0.2) is 28.3 Å². The molecule has 0 radical (unpaired) electrons. The van der Waals surface area contributed by atoms with Crippen LogP contribution in [0, 0.1) is 0 Å². The highest BCUT2D eigenvalue weighted by molar-refractivity contribution is 6.02. The van der Waals surface area contributed by atoms with Crippen LogP contribution in [0.25, 0.3) is 17.5 Å². The fourth-order valence-corrected chi connectivity index (χ4v) is 3.18. The van der Waals surface area contributed by atoms with Crippen LogP contribution in [0.1, 0.15) is 18.4 Å². The SMILES string of the molecule is O=C(/C=C/c1ccc(N2CCCC2=O)cc1)Nc1ccc(-c2ncc[nH]2)cc1. The molecular weight excluding hydrogens is 352 g/mol. The van der Waals surface area contributed by atoms with Crippen LogP contribution < -0.4 is 10.2 Å². The Morgan fingerprint density at radius 3 is 2.54 bits per heavy atom. The van der Waals surface area contributed by atoms with Crippen LogP contribution in [0.3, 0.4) is 0 Å². The number of amides is 2. The van der Waals surface area contributed by atoms with Crippen LogP contribution in [0.15, 0.2) is 67.0 Å². The molecule has 0 saturated carbocycles. The number of rotatable bonds is 5. The topological polar surface area (TPSA) is 78.1 Å². The Balaban J connectivity index is 1.35. The lowest BCUT2D eigenvalue weighted by atomic mass is 10.1. The summed E-state index contributed by atoms with van der Waals surface area (Å²) in [5.41, 5.74) is 3.47. The number of carbonyl (C=O) groups is 2. The van der Waals surface area contributed by atoms with Crippen molar-refractivity contribution in [2.45, 2.75) is 12.8 Å². The van der Waals surface area contributed by atoms with Crippen molar-refractivity contribution < 1.29 is 9.59 Å². The summed E-state index contributed by atoms with van der Waals surface area (Å²) in [5.74, 6) is 0.752. The highest BCUT2D eigenvalue weighted by Crippen LogP contribution is 2.22. The van der Waals surface area contributed by atoms with Gasteiger partial charge in [0.05, 0.1) is 0 Å². The first-order valence-corrected chi connectivity index (χ1v) is 9.18. The van der Waals surface area contributed by atoms with Crippen molar-refractivity contribution in [3.8, 4) is 11.4 Å². The molecule has 3 aromatic rings. The minimum absolute atomic E-state index is 0.167. The van der Waals surface area contributed by atoms with Crippen molar-refractivity contribution in [3.05, 3.63) is 72.6 Å². The molecule has 0 atom stereocenters. The van der Waals surface area contributed by atoms with Gasteiger partial charge in [-0.1, -0.05) is 12.1 Å². The number of hydrogen-bond acceptors (Lipinski definition) is 3. The van der Waals surface area contributed by atoms with E-state index in [9.17, 15) is 9.59 Å². The molecule has 28 heavy (non-hydrogen) atoms. The third-order valence-corrected chi connectivity index (χ3v) is 4.63. The molecule has 0 spiro atoms. The number of H-pyrrole nitrogens is 1. The van der Waals surface area contributed by atoms with Gasteiger partial charge in [0.1, 0.15) is 5.82 Å². The maximum atomic E-state index is 12.1. The van der Waals surface area contributed by atoms with E-state index in [1.807, 2.05) is 48.5 Å². The van der Waals surface area contributed by atoms with Gasteiger partial charge in [-0.2, -0.15) is 0 Å². The summed E-state index contributed by atoms with van der Waals surface area (Å²) < 4.78 is 0. The Kier molecular flexibility index (Phi) is 5.01. The van der Waals surface area contributed by atoms with Gasteiger partial charge in [0.2, 0.25) is 11.8 Å². The summed E-state index contributed by atoms with van der Waals surface area (Å²) in [7, 11) is 0. The Morgan fingerprint density at radius 1 is 1.11 bits per heavy atom. The second kappa shape index (κ2) is 7.92. The Morgan fingerprint density at radius 2 is 1.89 bits per heavy atom. The minimum atomic E-state index is -0.204. The molecule has 2 heterocycles. The van der Waals surface area contributed by atoms with Crippen molar-refractivity contribution in [1.29, 1.82) is 0 Å². The molecule has 2 N–H and O–H groups in total. The molecule has 1 saturated heterocycles. The van der Waals surface area contributed by atoms with E-state index in [0.717, 1.165) is 35.6 Å². The second-order valence-electron chi connectivity index (χ2n) is 6.58. The average Bonchev–Trinajstić information content (AvgIpc) is 3.39. The quantitative estimate of drug-likeness (QED) is 0.668. The van der Waals surface area contributed by atoms with Crippen molar-refractivity contribution in [2.24, 2.45) is 0 Å². The summed E-state index contributed by atoms with van der Waals surface area (Å²) >= 11 is 0. The van der Waals surface area contributed by atoms with Crippen LogP contribution in [0.5, 0.6) is 0 Å². The zero-order valence-corrected chi connectivity index (χ0v) is 15.3. The lowest BCUT2D eigenvalue weighted by Crippen LogP contribution is -2.23. The first kappa shape index (κ1) is 17.7. The van der Waals surface area contributed by atoms with Gasteiger partial charge in [-0.15, -0.1) is 0 Å². The second-order valence-corrected chi connectivity index (χ2v) is 6.58. The van der Waals surface area contributed by atoms with Crippen LogP contribution in [-0.2, 0) is 9.59 Å². The van der Waals surface area contributed by atoms with Crippen LogP contribution in [0.4, 0.5) is 11.4 Å². The number of benzene rings is 2. The zero-order chi connectivity index (χ0) is 19.3. The molecular formula is C22H20N4O2. The van der Waals surface area contributed by atoms with Gasteiger partial charge < -0.3 is 15.2 Å². The molecule has 1 aliphatic heterocycles. The maximum Gasteiger partial charge on any atom is 0.248 e. The molecule has 0 aliphatic carbocycles. The summed E-state index contributed by atoms with van der Waals surface area (Å²) in [6.45, 7) is 0.773. The summed E-state index contributed by atoms with van der Waals surface area (Å²) in [5, 5.41) is 2.84. The number of anilines is 2. The van der Waals surface area contributed by atoms with Crippen LogP contribution >= 0.6 is 0 Å². The van der Waals surface area contributed by atoms with Gasteiger partial charge in [-0.05, 0) is 54.5 Å². The number of carbonyl (C=O) groups excluding carboxylic acids is 2. The number of imidazole rings is 1. The van der Waals surface area contributed by atoms with E-state index in [1.54, 1.807) is 23.4 Å². The van der Waals surface area contributed by atoms with Gasteiger partial charge in [-0.25, -0.2) is 4.98 Å². The molecule has 6 heteroatoms. The smallest absolute Gasteiger partial charge is 0.248 e. The van der Waals surface area contributed by atoms with Crippen LogP contribution in [0.2, 0.25) is 0 Å². The number of hydrogen-bond donors (Lipinski definition) is 2. The third kappa shape index (κ3) is 4.01. The molecule has 140 valence electrons. The normalized spacial score (nSPS) is 14.0. The zero-order valence-electron chi connectivity index (χ0n) is 15.3. The van der Waals surface area contributed by atoms with E-state index < -0.39 is 0 Å². The fraction of sp³-hybridized carbons (Fsp3) is 0.136. The molecule has 0 bridgehead atoms. The average molecular weight is 372 g/mol. The molecule has 4 rings (SSSR count). The van der Waals surface area contributed by atoms with E-state index in [2.05, 4.69) is 15.3 Å². The lowest BCUT2D eigenvalue weighted by Gasteiger charge is -2.15. The van der Waals surface area contributed by atoms with Gasteiger partial charge in [0.25, 0.3) is 0 Å².